The van der Waals surface area contributed by atoms with Crippen LogP contribution >= 0.6 is 15.9 Å². The van der Waals surface area contributed by atoms with Gasteiger partial charge in [0.1, 0.15) is 5.75 Å². The van der Waals surface area contributed by atoms with Gasteiger partial charge in [-0.05, 0) is 54.4 Å². The first-order valence-corrected chi connectivity index (χ1v) is 6.46. The average Bonchev–Trinajstić information content (AvgIpc) is 2.24. The molecule has 17 heavy (non-hydrogen) atoms. The van der Waals surface area contributed by atoms with E-state index in [1.54, 1.807) is 7.11 Å². The van der Waals surface area contributed by atoms with Crippen LogP contribution in [0.25, 0.3) is 0 Å². The van der Waals surface area contributed by atoms with Gasteiger partial charge in [-0.3, -0.25) is 0 Å². The van der Waals surface area contributed by atoms with Crippen molar-refractivity contribution in [3.63, 3.8) is 0 Å². The van der Waals surface area contributed by atoms with Crippen molar-refractivity contribution >= 4 is 21.6 Å². The highest BCUT2D eigenvalue weighted by Gasteiger charge is 2.12. The molecule has 0 heterocycles. The van der Waals surface area contributed by atoms with E-state index in [9.17, 15) is 0 Å². The normalized spacial score (nSPS) is 11.4. The minimum absolute atomic E-state index is 0.127. The van der Waals surface area contributed by atoms with Gasteiger partial charge in [0.25, 0.3) is 0 Å². The van der Waals surface area contributed by atoms with E-state index in [1.807, 2.05) is 26.0 Å². The van der Waals surface area contributed by atoms with Gasteiger partial charge in [-0.25, -0.2) is 0 Å². The fraction of sp³-hybridized carbons (Fsp3) is 0.538. The highest BCUT2D eigenvalue weighted by atomic mass is 79.9. The van der Waals surface area contributed by atoms with E-state index in [2.05, 4.69) is 33.9 Å². The van der Waals surface area contributed by atoms with E-state index in [-0.39, 0.29) is 5.54 Å². The average molecular weight is 301 g/mol. The molecule has 1 rings (SSSR count). The van der Waals surface area contributed by atoms with E-state index in [4.69, 9.17) is 10.5 Å². The standard InChI is InChI=1S/C13H21BrN2O/c1-13(2,15)7-8-16(3)10-5-6-12(17-4)11(14)9-10/h5-6,9H,7-8,15H2,1-4H3. The summed E-state index contributed by atoms with van der Waals surface area (Å²) in [4.78, 5) is 2.19. The molecule has 0 bridgehead atoms. The number of hydrogen-bond donors (Lipinski definition) is 1. The Balaban J connectivity index is 2.69. The third-order valence-corrected chi connectivity index (χ3v) is 3.29. The van der Waals surface area contributed by atoms with Crippen LogP contribution in [0.5, 0.6) is 5.75 Å². The summed E-state index contributed by atoms with van der Waals surface area (Å²) in [6.45, 7) is 5.03. The molecule has 3 nitrogen and oxygen atoms in total. The summed E-state index contributed by atoms with van der Waals surface area (Å²) in [6, 6.07) is 6.07. The Kier molecular flexibility index (Phi) is 4.83. The summed E-state index contributed by atoms with van der Waals surface area (Å²) in [5.74, 6) is 0.848. The molecule has 0 fully saturated rings. The number of halogens is 1. The van der Waals surface area contributed by atoms with Crippen molar-refractivity contribution in [1.29, 1.82) is 0 Å². The predicted octanol–water partition coefficient (Wildman–Crippen LogP) is 3.02. The van der Waals surface area contributed by atoms with Gasteiger partial charge in [-0.2, -0.15) is 0 Å². The van der Waals surface area contributed by atoms with Crippen LogP contribution in [0.2, 0.25) is 0 Å². The van der Waals surface area contributed by atoms with E-state index in [0.29, 0.717) is 0 Å². The summed E-state index contributed by atoms with van der Waals surface area (Å²) < 4.78 is 6.18. The second kappa shape index (κ2) is 5.74. The van der Waals surface area contributed by atoms with Crippen LogP contribution in [0, 0.1) is 0 Å². The van der Waals surface area contributed by atoms with E-state index >= 15 is 0 Å². The van der Waals surface area contributed by atoms with E-state index in [0.717, 1.165) is 28.9 Å². The van der Waals surface area contributed by atoms with Crippen LogP contribution in [0.1, 0.15) is 20.3 Å². The van der Waals surface area contributed by atoms with Gasteiger partial charge in [0, 0.05) is 24.8 Å². The molecule has 1 aromatic rings. The summed E-state index contributed by atoms with van der Waals surface area (Å²) >= 11 is 3.49. The number of nitrogens with zero attached hydrogens (tertiary/aromatic N) is 1. The zero-order valence-corrected chi connectivity index (χ0v) is 12.5. The molecule has 0 radical (unpaired) electrons. The molecule has 0 aromatic heterocycles. The van der Waals surface area contributed by atoms with Crippen molar-refractivity contribution in [1.82, 2.24) is 0 Å². The Morgan fingerprint density at radius 3 is 2.53 bits per heavy atom. The largest absolute Gasteiger partial charge is 0.496 e. The Morgan fingerprint density at radius 1 is 1.41 bits per heavy atom. The number of anilines is 1. The van der Waals surface area contributed by atoms with Crippen molar-refractivity contribution < 1.29 is 4.74 Å². The summed E-state index contributed by atoms with van der Waals surface area (Å²) in [7, 11) is 3.74. The first-order chi connectivity index (χ1) is 7.83. The number of hydrogen-bond acceptors (Lipinski definition) is 3. The Morgan fingerprint density at radius 2 is 2.06 bits per heavy atom. The number of ether oxygens (including phenoxy) is 1. The molecule has 0 amide bonds. The van der Waals surface area contributed by atoms with Crippen LogP contribution in [-0.2, 0) is 0 Å². The highest BCUT2D eigenvalue weighted by Crippen LogP contribution is 2.29. The maximum atomic E-state index is 5.98. The van der Waals surface area contributed by atoms with Crippen molar-refractivity contribution in [2.45, 2.75) is 25.8 Å². The molecule has 1 aromatic carbocycles. The highest BCUT2D eigenvalue weighted by molar-refractivity contribution is 9.10. The lowest BCUT2D eigenvalue weighted by atomic mass is 10.0. The summed E-state index contributed by atoms with van der Waals surface area (Å²) in [5, 5.41) is 0. The van der Waals surface area contributed by atoms with Crippen LogP contribution in [0.15, 0.2) is 22.7 Å². The smallest absolute Gasteiger partial charge is 0.133 e. The quantitative estimate of drug-likeness (QED) is 0.908. The summed E-state index contributed by atoms with van der Waals surface area (Å²) in [6.07, 6.45) is 0.952. The van der Waals surface area contributed by atoms with E-state index < -0.39 is 0 Å². The maximum absolute atomic E-state index is 5.98. The summed E-state index contributed by atoms with van der Waals surface area (Å²) in [5.41, 5.74) is 7.01. The SMILES string of the molecule is COc1ccc(N(C)CCC(C)(C)N)cc1Br. The molecule has 0 saturated carbocycles. The zero-order chi connectivity index (χ0) is 13.1. The first-order valence-electron chi connectivity index (χ1n) is 5.67. The van der Waals surface area contributed by atoms with Crippen LogP contribution in [0.3, 0.4) is 0 Å². The fourth-order valence-electron chi connectivity index (χ4n) is 1.48. The molecule has 0 atom stereocenters. The molecule has 2 N–H and O–H groups in total. The minimum Gasteiger partial charge on any atom is -0.496 e. The van der Waals surface area contributed by atoms with Crippen LogP contribution < -0.4 is 15.4 Å². The Bertz CT molecular complexity index is 374. The fourth-order valence-corrected chi connectivity index (χ4v) is 2.01. The minimum atomic E-state index is -0.127. The lowest BCUT2D eigenvalue weighted by Gasteiger charge is -2.25. The molecule has 96 valence electrons. The van der Waals surface area contributed by atoms with Crippen molar-refractivity contribution in [3.05, 3.63) is 22.7 Å². The third-order valence-electron chi connectivity index (χ3n) is 2.67. The number of benzene rings is 1. The molecule has 0 unspecified atom stereocenters. The molecule has 0 saturated heterocycles. The zero-order valence-electron chi connectivity index (χ0n) is 11.0. The topological polar surface area (TPSA) is 38.5 Å². The maximum Gasteiger partial charge on any atom is 0.133 e. The Labute approximate surface area is 112 Å². The van der Waals surface area contributed by atoms with Gasteiger partial charge in [0.15, 0.2) is 0 Å². The monoisotopic (exact) mass is 300 g/mol. The van der Waals surface area contributed by atoms with Crippen LogP contribution in [-0.4, -0.2) is 26.2 Å². The second-order valence-corrected chi connectivity index (χ2v) is 5.83. The molecule has 0 aliphatic carbocycles. The molecular weight excluding hydrogens is 280 g/mol. The number of rotatable bonds is 5. The Hall–Kier alpha value is -0.740. The van der Waals surface area contributed by atoms with Crippen molar-refractivity contribution in [2.75, 3.05) is 25.6 Å². The van der Waals surface area contributed by atoms with Gasteiger partial charge >= 0.3 is 0 Å². The van der Waals surface area contributed by atoms with Gasteiger partial charge < -0.3 is 15.4 Å². The third kappa shape index (κ3) is 4.56. The van der Waals surface area contributed by atoms with Gasteiger partial charge in [0.05, 0.1) is 11.6 Å². The molecular formula is C13H21BrN2O. The first kappa shape index (κ1) is 14.3. The number of nitrogens with two attached hydrogens (primary N) is 1. The van der Waals surface area contributed by atoms with Gasteiger partial charge in [-0.15, -0.1) is 0 Å². The lowest BCUT2D eigenvalue weighted by Crippen LogP contribution is -2.36. The second-order valence-electron chi connectivity index (χ2n) is 4.98. The van der Waals surface area contributed by atoms with Gasteiger partial charge in [0.2, 0.25) is 0 Å². The number of methoxy groups -OCH3 is 1. The predicted molar refractivity (Wildman–Crippen MR) is 76.8 cm³/mol. The van der Waals surface area contributed by atoms with Gasteiger partial charge in [-0.1, -0.05) is 0 Å². The van der Waals surface area contributed by atoms with Crippen molar-refractivity contribution in [3.8, 4) is 5.75 Å². The molecule has 4 heteroatoms. The van der Waals surface area contributed by atoms with E-state index in [1.165, 1.54) is 0 Å². The van der Waals surface area contributed by atoms with Crippen molar-refractivity contribution in [2.24, 2.45) is 5.73 Å². The molecule has 0 aliphatic heterocycles. The molecule has 0 spiro atoms. The lowest BCUT2D eigenvalue weighted by molar-refractivity contribution is 0.412. The molecule has 0 aliphatic rings. The van der Waals surface area contributed by atoms with Crippen LogP contribution in [0.4, 0.5) is 5.69 Å².